The average molecular weight is 495 g/mol. The Balaban J connectivity index is 1.68. The molecule has 1 heterocycles. The van der Waals surface area contributed by atoms with E-state index in [-0.39, 0.29) is 30.2 Å². The fraction of sp³-hybridized carbons (Fsp3) is 0.308. The molecular weight excluding hydrogens is 468 g/mol. The van der Waals surface area contributed by atoms with Crippen LogP contribution in [0, 0.1) is 10.1 Å². The minimum absolute atomic E-state index is 0.170. The van der Waals surface area contributed by atoms with Crippen LogP contribution in [-0.2, 0) is 24.2 Å². The molecule has 0 saturated carbocycles. The summed E-state index contributed by atoms with van der Waals surface area (Å²) in [5.74, 6) is 0.207. The largest absolute Gasteiger partial charge is 0.493 e. The van der Waals surface area contributed by atoms with Gasteiger partial charge in [0.1, 0.15) is 11.6 Å². The van der Waals surface area contributed by atoms with Gasteiger partial charge in [-0.2, -0.15) is 0 Å². The molecule has 2 aromatic carbocycles. The highest BCUT2D eigenvalue weighted by molar-refractivity contribution is 7.16. The molecule has 0 atom stereocenters. The Morgan fingerprint density at radius 3 is 2.66 bits per heavy atom. The van der Waals surface area contributed by atoms with Gasteiger partial charge in [0.2, 0.25) is 0 Å². The van der Waals surface area contributed by atoms with Crippen molar-refractivity contribution >= 4 is 34.2 Å². The monoisotopic (exact) mass is 494 g/mol. The number of nitro benzene ring substituents is 1. The highest BCUT2D eigenvalue weighted by Crippen LogP contribution is 2.41. The van der Waals surface area contributed by atoms with Gasteiger partial charge in [-0.25, -0.2) is 9.79 Å². The van der Waals surface area contributed by atoms with Gasteiger partial charge in [0.05, 0.1) is 35.8 Å². The SMILES string of the molecule is CCOC(=O)c1c(N=Cc2cc(OC)c(OCc3ccccc3)cc2[N+](=O)[O-])sc2c1CCCC2. The minimum atomic E-state index is -0.484. The van der Waals surface area contributed by atoms with Gasteiger partial charge in [-0.05, 0) is 49.8 Å². The molecule has 1 aromatic heterocycles. The molecule has 0 radical (unpaired) electrons. The van der Waals surface area contributed by atoms with Crippen molar-refractivity contribution in [3.05, 3.63) is 79.7 Å². The van der Waals surface area contributed by atoms with Crippen molar-refractivity contribution in [2.75, 3.05) is 13.7 Å². The Hall–Kier alpha value is -3.72. The van der Waals surface area contributed by atoms with Gasteiger partial charge >= 0.3 is 5.97 Å². The Morgan fingerprint density at radius 1 is 1.17 bits per heavy atom. The summed E-state index contributed by atoms with van der Waals surface area (Å²) in [7, 11) is 1.48. The van der Waals surface area contributed by atoms with Crippen LogP contribution in [0.2, 0.25) is 0 Å². The van der Waals surface area contributed by atoms with Crippen molar-refractivity contribution in [3.63, 3.8) is 0 Å². The molecule has 0 spiro atoms. The second-order valence-electron chi connectivity index (χ2n) is 7.96. The summed E-state index contributed by atoms with van der Waals surface area (Å²) in [5.41, 5.74) is 2.47. The number of hydrogen-bond acceptors (Lipinski definition) is 8. The van der Waals surface area contributed by atoms with Crippen LogP contribution in [-0.4, -0.2) is 30.8 Å². The number of rotatable bonds is 9. The van der Waals surface area contributed by atoms with Crippen LogP contribution >= 0.6 is 11.3 Å². The number of thiophene rings is 1. The van der Waals surface area contributed by atoms with Gasteiger partial charge in [-0.3, -0.25) is 10.1 Å². The van der Waals surface area contributed by atoms with E-state index in [0.29, 0.717) is 16.3 Å². The zero-order valence-corrected chi connectivity index (χ0v) is 20.4. The maximum absolute atomic E-state index is 12.7. The lowest BCUT2D eigenvalue weighted by molar-refractivity contribution is -0.385. The first-order valence-corrected chi connectivity index (χ1v) is 12.2. The van der Waals surface area contributed by atoms with Crippen LogP contribution < -0.4 is 9.47 Å². The third kappa shape index (κ3) is 5.51. The number of nitro groups is 1. The highest BCUT2D eigenvalue weighted by Gasteiger charge is 2.26. The lowest BCUT2D eigenvalue weighted by Crippen LogP contribution is -2.09. The molecule has 0 N–H and O–H groups in total. The van der Waals surface area contributed by atoms with Crippen molar-refractivity contribution in [2.45, 2.75) is 39.2 Å². The van der Waals surface area contributed by atoms with E-state index < -0.39 is 10.9 Å². The number of methoxy groups -OCH3 is 1. The molecular formula is C26H26N2O6S. The van der Waals surface area contributed by atoms with Crippen LogP contribution in [0.15, 0.2) is 47.5 Å². The molecule has 0 aliphatic heterocycles. The molecule has 8 nitrogen and oxygen atoms in total. The summed E-state index contributed by atoms with van der Waals surface area (Å²) >= 11 is 1.44. The first-order valence-electron chi connectivity index (χ1n) is 11.4. The van der Waals surface area contributed by atoms with E-state index in [0.717, 1.165) is 41.7 Å². The zero-order chi connectivity index (χ0) is 24.8. The summed E-state index contributed by atoms with van der Waals surface area (Å²) in [5, 5.41) is 12.4. The molecule has 3 aromatic rings. The molecule has 1 aliphatic carbocycles. The predicted octanol–water partition coefficient (Wildman–Crippen LogP) is 6.05. The van der Waals surface area contributed by atoms with E-state index in [1.54, 1.807) is 6.92 Å². The third-order valence-electron chi connectivity index (χ3n) is 5.70. The van der Waals surface area contributed by atoms with Crippen LogP contribution in [0.3, 0.4) is 0 Å². The number of nitrogens with zero attached hydrogens (tertiary/aromatic N) is 2. The lowest BCUT2D eigenvalue weighted by atomic mass is 9.95. The Labute approximate surface area is 207 Å². The fourth-order valence-corrected chi connectivity index (χ4v) is 5.24. The number of hydrogen-bond donors (Lipinski definition) is 0. The van der Waals surface area contributed by atoms with Crippen molar-refractivity contribution in [1.29, 1.82) is 0 Å². The molecule has 4 rings (SSSR count). The molecule has 1 aliphatic rings. The summed E-state index contributed by atoms with van der Waals surface area (Å²) in [6, 6.07) is 12.4. The number of esters is 1. The number of aliphatic imine (C=N–C) groups is 1. The van der Waals surface area contributed by atoms with Crippen molar-refractivity contribution in [3.8, 4) is 11.5 Å². The summed E-state index contributed by atoms with van der Waals surface area (Å²) in [4.78, 5) is 29.7. The molecule has 182 valence electrons. The van der Waals surface area contributed by atoms with Crippen LogP contribution in [0.1, 0.15) is 51.7 Å². The Kier molecular flexibility index (Phi) is 7.77. The van der Waals surface area contributed by atoms with Gasteiger partial charge in [0.15, 0.2) is 11.5 Å². The average Bonchev–Trinajstić information content (AvgIpc) is 3.25. The van der Waals surface area contributed by atoms with Crippen molar-refractivity contribution < 1.29 is 23.9 Å². The van der Waals surface area contributed by atoms with E-state index in [1.165, 1.54) is 36.8 Å². The van der Waals surface area contributed by atoms with E-state index in [4.69, 9.17) is 14.2 Å². The van der Waals surface area contributed by atoms with Gasteiger partial charge in [0, 0.05) is 11.1 Å². The fourth-order valence-electron chi connectivity index (χ4n) is 4.02. The Bertz CT molecular complexity index is 1250. The van der Waals surface area contributed by atoms with E-state index in [2.05, 4.69) is 4.99 Å². The smallest absolute Gasteiger partial charge is 0.341 e. The van der Waals surface area contributed by atoms with Crippen molar-refractivity contribution in [2.24, 2.45) is 4.99 Å². The molecule has 9 heteroatoms. The predicted molar refractivity (Wildman–Crippen MR) is 135 cm³/mol. The normalized spacial score (nSPS) is 12.9. The van der Waals surface area contributed by atoms with E-state index in [1.807, 2.05) is 30.3 Å². The minimum Gasteiger partial charge on any atom is -0.493 e. The molecule has 0 fully saturated rings. The summed E-state index contributed by atoms with van der Waals surface area (Å²) < 4.78 is 16.5. The number of carbonyl (C=O) groups is 1. The molecule has 0 saturated heterocycles. The second-order valence-corrected chi connectivity index (χ2v) is 9.05. The van der Waals surface area contributed by atoms with Gasteiger partial charge in [0.25, 0.3) is 5.69 Å². The van der Waals surface area contributed by atoms with Crippen LogP contribution in [0.5, 0.6) is 11.5 Å². The third-order valence-corrected chi connectivity index (χ3v) is 6.90. The van der Waals surface area contributed by atoms with Crippen LogP contribution in [0.25, 0.3) is 0 Å². The van der Waals surface area contributed by atoms with E-state index in [9.17, 15) is 14.9 Å². The summed E-state index contributed by atoms with van der Waals surface area (Å²) in [6.45, 7) is 2.27. The zero-order valence-electron chi connectivity index (χ0n) is 19.6. The quantitative estimate of drug-likeness (QED) is 0.155. The molecule has 0 amide bonds. The highest BCUT2D eigenvalue weighted by atomic mass is 32.1. The lowest BCUT2D eigenvalue weighted by Gasteiger charge is -2.12. The molecule has 35 heavy (non-hydrogen) atoms. The number of benzene rings is 2. The first-order chi connectivity index (χ1) is 17.0. The first kappa shape index (κ1) is 24.4. The number of fused-ring (bicyclic) bond motifs is 1. The van der Waals surface area contributed by atoms with Crippen LogP contribution in [0.4, 0.5) is 10.7 Å². The molecule has 0 unspecified atom stereocenters. The molecule has 0 bridgehead atoms. The Morgan fingerprint density at radius 2 is 1.94 bits per heavy atom. The van der Waals surface area contributed by atoms with Gasteiger partial charge < -0.3 is 14.2 Å². The maximum Gasteiger partial charge on any atom is 0.341 e. The number of carbonyl (C=O) groups excluding carboxylic acids is 1. The van der Waals surface area contributed by atoms with Gasteiger partial charge in [-0.15, -0.1) is 11.3 Å². The standard InChI is InChI=1S/C26H26N2O6S/c1-3-33-26(29)24-19-11-7-8-12-23(19)35-25(24)27-15-18-13-21(32-2)22(14-20(18)28(30)31)34-16-17-9-5-4-6-10-17/h4-6,9-10,13-15H,3,7-8,11-12,16H2,1-2H3. The van der Waals surface area contributed by atoms with E-state index >= 15 is 0 Å². The number of ether oxygens (including phenoxy) is 3. The maximum atomic E-state index is 12.7. The summed E-state index contributed by atoms with van der Waals surface area (Å²) in [6.07, 6.45) is 5.17. The topological polar surface area (TPSA) is 100 Å². The second kappa shape index (κ2) is 11.1. The van der Waals surface area contributed by atoms with Gasteiger partial charge in [-0.1, -0.05) is 30.3 Å². The van der Waals surface area contributed by atoms with Crippen molar-refractivity contribution in [1.82, 2.24) is 0 Å². The number of aryl methyl sites for hydroxylation is 1.